The summed E-state index contributed by atoms with van der Waals surface area (Å²) in [6, 6.07) is 9.98. The average molecular weight is 217 g/mol. The van der Waals surface area contributed by atoms with E-state index in [0.29, 0.717) is 13.0 Å². The maximum Gasteiger partial charge on any atom is 0.149 e. The van der Waals surface area contributed by atoms with Gasteiger partial charge in [0.2, 0.25) is 0 Å². The van der Waals surface area contributed by atoms with Gasteiger partial charge in [-0.2, -0.15) is 0 Å². The fraction of sp³-hybridized carbons (Fsp3) is 0.357. The van der Waals surface area contributed by atoms with Crippen molar-refractivity contribution in [2.24, 2.45) is 0 Å². The zero-order chi connectivity index (χ0) is 11.8. The molecule has 2 nitrogen and oxygen atoms in total. The van der Waals surface area contributed by atoms with Gasteiger partial charge < -0.3 is 5.32 Å². The Morgan fingerprint density at radius 2 is 2.12 bits per heavy atom. The van der Waals surface area contributed by atoms with Crippen LogP contribution in [0.25, 0.3) is 0 Å². The van der Waals surface area contributed by atoms with Crippen LogP contribution in [0.2, 0.25) is 0 Å². The number of ketones is 1. The van der Waals surface area contributed by atoms with Crippen LogP contribution < -0.4 is 5.32 Å². The second-order valence-corrected chi connectivity index (χ2v) is 3.76. The predicted molar refractivity (Wildman–Crippen MR) is 67.4 cm³/mol. The highest BCUT2D eigenvalue weighted by Crippen LogP contribution is 2.05. The van der Waals surface area contributed by atoms with Crippen molar-refractivity contribution in [1.82, 2.24) is 5.32 Å². The van der Waals surface area contributed by atoms with Crippen molar-refractivity contribution in [2.75, 3.05) is 6.54 Å². The summed E-state index contributed by atoms with van der Waals surface area (Å²) in [5.74, 6) is 0.255. The van der Waals surface area contributed by atoms with E-state index in [0.717, 1.165) is 6.42 Å². The second-order valence-electron chi connectivity index (χ2n) is 3.76. The van der Waals surface area contributed by atoms with Crippen LogP contribution in [0.1, 0.15) is 18.9 Å². The largest absolute Gasteiger partial charge is 0.304 e. The van der Waals surface area contributed by atoms with E-state index in [1.165, 1.54) is 5.56 Å². The molecule has 0 amide bonds. The Bertz CT molecular complexity index is 332. The van der Waals surface area contributed by atoms with Gasteiger partial charge in [-0.25, -0.2) is 0 Å². The number of hydrogen-bond acceptors (Lipinski definition) is 2. The van der Waals surface area contributed by atoms with Gasteiger partial charge in [0, 0.05) is 13.0 Å². The number of rotatable bonds is 7. The minimum Gasteiger partial charge on any atom is -0.304 e. The first kappa shape index (κ1) is 12.7. The molecule has 2 heteroatoms. The molecular weight excluding hydrogens is 198 g/mol. The molecule has 0 heterocycles. The zero-order valence-electron chi connectivity index (χ0n) is 9.78. The smallest absolute Gasteiger partial charge is 0.149 e. The van der Waals surface area contributed by atoms with Crippen LogP contribution in [0, 0.1) is 0 Å². The molecular formula is C14H19NO. The fourth-order valence-electron chi connectivity index (χ4n) is 1.62. The van der Waals surface area contributed by atoms with E-state index in [-0.39, 0.29) is 11.8 Å². The number of carbonyl (C=O) groups excluding carboxylic acids is 1. The van der Waals surface area contributed by atoms with E-state index in [4.69, 9.17) is 0 Å². The molecule has 86 valence electrons. The third-order valence-corrected chi connectivity index (χ3v) is 2.53. The van der Waals surface area contributed by atoms with E-state index in [9.17, 15) is 4.79 Å². The standard InChI is InChI=1S/C14H19NO/c1-3-10-15-13(14(16)4-2)11-12-8-6-5-7-9-12/h3,5-9,13,15H,1,4,10-11H2,2H3/t13-/m0/s1. The van der Waals surface area contributed by atoms with Gasteiger partial charge in [0.05, 0.1) is 6.04 Å². The van der Waals surface area contributed by atoms with Gasteiger partial charge in [-0.1, -0.05) is 43.3 Å². The molecule has 1 rings (SSSR count). The molecule has 1 aromatic carbocycles. The van der Waals surface area contributed by atoms with Gasteiger partial charge in [-0.3, -0.25) is 4.79 Å². The second kappa shape index (κ2) is 6.96. The third-order valence-electron chi connectivity index (χ3n) is 2.53. The summed E-state index contributed by atoms with van der Waals surface area (Å²) in [4.78, 5) is 11.7. The quantitative estimate of drug-likeness (QED) is 0.710. The van der Waals surface area contributed by atoms with Crippen molar-refractivity contribution < 1.29 is 4.79 Å². The SMILES string of the molecule is C=CCN[C@@H](Cc1ccccc1)C(=O)CC. The van der Waals surface area contributed by atoms with Crippen LogP contribution in [0.5, 0.6) is 0 Å². The molecule has 16 heavy (non-hydrogen) atoms. The van der Waals surface area contributed by atoms with Crippen LogP contribution in [-0.4, -0.2) is 18.4 Å². The van der Waals surface area contributed by atoms with Crippen LogP contribution in [0.4, 0.5) is 0 Å². The average Bonchev–Trinajstić information content (AvgIpc) is 2.34. The number of carbonyl (C=O) groups is 1. The Morgan fingerprint density at radius 3 is 2.69 bits per heavy atom. The van der Waals surface area contributed by atoms with Crippen LogP contribution >= 0.6 is 0 Å². The minimum atomic E-state index is -0.0922. The Hall–Kier alpha value is -1.41. The van der Waals surface area contributed by atoms with E-state index < -0.39 is 0 Å². The van der Waals surface area contributed by atoms with Crippen LogP contribution in [0.15, 0.2) is 43.0 Å². The zero-order valence-corrected chi connectivity index (χ0v) is 9.78. The van der Waals surface area contributed by atoms with Crippen molar-refractivity contribution in [1.29, 1.82) is 0 Å². The van der Waals surface area contributed by atoms with Gasteiger partial charge in [0.1, 0.15) is 5.78 Å². The lowest BCUT2D eigenvalue weighted by Gasteiger charge is -2.15. The third kappa shape index (κ3) is 3.99. The number of benzene rings is 1. The summed E-state index contributed by atoms with van der Waals surface area (Å²) >= 11 is 0. The van der Waals surface area contributed by atoms with Gasteiger partial charge >= 0.3 is 0 Å². The van der Waals surface area contributed by atoms with Gasteiger partial charge in [-0.05, 0) is 12.0 Å². The molecule has 0 bridgehead atoms. The van der Waals surface area contributed by atoms with Crippen molar-refractivity contribution in [3.05, 3.63) is 48.6 Å². The molecule has 0 spiro atoms. The Balaban J connectivity index is 2.63. The van der Waals surface area contributed by atoms with Gasteiger partial charge in [0.25, 0.3) is 0 Å². The van der Waals surface area contributed by atoms with Crippen molar-refractivity contribution in [2.45, 2.75) is 25.8 Å². The summed E-state index contributed by atoms with van der Waals surface area (Å²) in [6.07, 6.45) is 3.10. The molecule has 0 aliphatic heterocycles. The molecule has 0 radical (unpaired) electrons. The highest BCUT2D eigenvalue weighted by Gasteiger charge is 2.15. The van der Waals surface area contributed by atoms with Crippen LogP contribution in [-0.2, 0) is 11.2 Å². The highest BCUT2D eigenvalue weighted by atomic mass is 16.1. The first-order valence-corrected chi connectivity index (χ1v) is 5.68. The molecule has 0 aliphatic carbocycles. The Morgan fingerprint density at radius 1 is 1.44 bits per heavy atom. The van der Waals surface area contributed by atoms with E-state index in [2.05, 4.69) is 11.9 Å². The summed E-state index contributed by atoms with van der Waals surface area (Å²) in [6.45, 7) is 6.22. The van der Waals surface area contributed by atoms with E-state index >= 15 is 0 Å². The lowest BCUT2D eigenvalue weighted by atomic mass is 10.0. The highest BCUT2D eigenvalue weighted by molar-refractivity contribution is 5.84. The number of Topliss-reactive ketones (excluding diaryl/α,β-unsaturated/α-hetero) is 1. The summed E-state index contributed by atoms with van der Waals surface area (Å²) < 4.78 is 0. The van der Waals surface area contributed by atoms with E-state index in [1.54, 1.807) is 6.08 Å². The van der Waals surface area contributed by atoms with Crippen molar-refractivity contribution in [3.63, 3.8) is 0 Å². The molecule has 0 saturated heterocycles. The normalized spacial score (nSPS) is 12.1. The first-order chi connectivity index (χ1) is 7.77. The van der Waals surface area contributed by atoms with Gasteiger partial charge in [0.15, 0.2) is 0 Å². The maximum absolute atomic E-state index is 11.7. The molecule has 0 aliphatic rings. The van der Waals surface area contributed by atoms with Crippen molar-refractivity contribution in [3.8, 4) is 0 Å². The molecule has 1 atom stereocenters. The minimum absolute atomic E-state index is 0.0922. The molecule has 0 aromatic heterocycles. The molecule has 1 aromatic rings. The lowest BCUT2D eigenvalue weighted by molar-refractivity contribution is -0.120. The number of hydrogen-bond donors (Lipinski definition) is 1. The lowest BCUT2D eigenvalue weighted by Crippen LogP contribution is -2.38. The predicted octanol–water partition coefficient (Wildman–Crippen LogP) is 2.35. The topological polar surface area (TPSA) is 29.1 Å². The molecule has 0 saturated carbocycles. The van der Waals surface area contributed by atoms with Gasteiger partial charge in [-0.15, -0.1) is 6.58 Å². The molecule has 0 unspecified atom stereocenters. The number of nitrogens with one attached hydrogen (secondary N) is 1. The summed E-state index contributed by atoms with van der Waals surface area (Å²) in [5, 5.41) is 3.20. The Kier molecular flexibility index (Phi) is 5.51. The van der Waals surface area contributed by atoms with E-state index in [1.807, 2.05) is 37.3 Å². The summed E-state index contributed by atoms with van der Waals surface area (Å²) in [7, 11) is 0. The molecule has 1 N–H and O–H groups in total. The maximum atomic E-state index is 11.7. The molecule has 0 fully saturated rings. The van der Waals surface area contributed by atoms with Crippen molar-refractivity contribution >= 4 is 5.78 Å². The van der Waals surface area contributed by atoms with Crippen LogP contribution in [0.3, 0.4) is 0 Å². The fourth-order valence-corrected chi connectivity index (χ4v) is 1.62. The Labute approximate surface area is 97.4 Å². The first-order valence-electron chi connectivity index (χ1n) is 5.68. The summed E-state index contributed by atoms with van der Waals surface area (Å²) in [5.41, 5.74) is 1.19. The monoisotopic (exact) mass is 217 g/mol.